The van der Waals surface area contributed by atoms with E-state index in [0.717, 1.165) is 12.8 Å². The molecule has 0 atom stereocenters. The van der Waals surface area contributed by atoms with Crippen molar-refractivity contribution in [2.45, 2.75) is 46.1 Å². The van der Waals surface area contributed by atoms with E-state index >= 15 is 0 Å². The van der Waals surface area contributed by atoms with Gasteiger partial charge in [-0.05, 0) is 12.8 Å². The third-order valence-electron chi connectivity index (χ3n) is 2.63. The number of carbonyl (C=O) groups is 2. The van der Waals surface area contributed by atoms with Crippen LogP contribution in [-0.2, 0) is 9.59 Å². The summed E-state index contributed by atoms with van der Waals surface area (Å²) in [7, 11) is 0. The minimum Gasteiger partial charge on any atom is -0.343 e. The van der Waals surface area contributed by atoms with Crippen molar-refractivity contribution in [3.05, 3.63) is 0 Å². The number of ketones is 1. The van der Waals surface area contributed by atoms with Gasteiger partial charge >= 0.3 is 0 Å². The monoisotopic (exact) mass is 197 g/mol. The van der Waals surface area contributed by atoms with Crippen LogP contribution in [-0.4, -0.2) is 17.2 Å². The van der Waals surface area contributed by atoms with Crippen molar-refractivity contribution in [1.29, 1.82) is 0 Å². The zero-order valence-electron chi connectivity index (χ0n) is 9.39. The van der Waals surface area contributed by atoms with Crippen LogP contribution in [0.25, 0.3) is 0 Å². The Kier molecular flexibility index (Phi) is 2.98. The molecule has 1 aliphatic carbocycles. The van der Waals surface area contributed by atoms with Gasteiger partial charge in [-0.15, -0.1) is 0 Å². The first-order valence-corrected chi connectivity index (χ1v) is 5.25. The third kappa shape index (κ3) is 2.14. The van der Waals surface area contributed by atoms with Crippen LogP contribution in [0, 0.1) is 11.8 Å². The predicted octanol–water partition coefficient (Wildman–Crippen LogP) is 1.52. The first kappa shape index (κ1) is 11.2. The molecule has 1 N–H and O–H groups in total. The molecule has 1 fully saturated rings. The van der Waals surface area contributed by atoms with Gasteiger partial charge in [0, 0.05) is 11.8 Å². The van der Waals surface area contributed by atoms with E-state index in [1.165, 1.54) is 0 Å². The number of nitrogens with one attached hydrogen (secondary N) is 1. The maximum atomic E-state index is 11.8. The van der Waals surface area contributed by atoms with E-state index in [-0.39, 0.29) is 23.5 Å². The van der Waals surface area contributed by atoms with Gasteiger partial charge in [-0.25, -0.2) is 0 Å². The van der Waals surface area contributed by atoms with E-state index in [1.54, 1.807) is 0 Å². The first-order valence-electron chi connectivity index (χ1n) is 5.25. The summed E-state index contributed by atoms with van der Waals surface area (Å²) < 4.78 is 0. The molecule has 0 aromatic carbocycles. The van der Waals surface area contributed by atoms with Crippen LogP contribution in [0.4, 0.5) is 0 Å². The van der Waals surface area contributed by atoms with Gasteiger partial charge in [-0.3, -0.25) is 9.59 Å². The van der Waals surface area contributed by atoms with Gasteiger partial charge < -0.3 is 5.32 Å². The van der Waals surface area contributed by atoms with Gasteiger partial charge in [0.15, 0.2) is 5.78 Å². The van der Waals surface area contributed by atoms with E-state index < -0.39 is 5.54 Å². The lowest BCUT2D eigenvalue weighted by atomic mass is 9.99. The lowest BCUT2D eigenvalue weighted by Gasteiger charge is -2.19. The Morgan fingerprint density at radius 2 is 1.57 bits per heavy atom. The van der Waals surface area contributed by atoms with E-state index in [1.807, 2.05) is 27.7 Å². The number of amides is 1. The van der Waals surface area contributed by atoms with Crippen molar-refractivity contribution in [3.63, 3.8) is 0 Å². The van der Waals surface area contributed by atoms with Crippen molar-refractivity contribution in [2.24, 2.45) is 11.8 Å². The SMILES string of the molecule is CC(C)C(=O)NC1(C(=O)C(C)C)CC1. The van der Waals surface area contributed by atoms with Crippen LogP contribution in [0.1, 0.15) is 40.5 Å². The summed E-state index contributed by atoms with van der Waals surface area (Å²) in [5, 5.41) is 2.86. The molecule has 1 amide bonds. The zero-order chi connectivity index (χ0) is 10.9. The molecule has 0 aromatic heterocycles. The van der Waals surface area contributed by atoms with Crippen LogP contribution >= 0.6 is 0 Å². The number of Topliss-reactive ketones (excluding diaryl/α,β-unsaturated/α-hetero) is 1. The second-order valence-electron chi connectivity index (χ2n) is 4.75. The normalized spacial score (nSPS) is 18.4. The van der Waals surface area contributed by atoms with Gasteiger partial charge in [0.25, 0.3) is 0 Å². The van der Waals surface area contributed by atoms with Crippen LogP contribution in [0.15, 0.2) is 0 Å². The zero-order valence-corrected chi connectivity index (χ0v) is 9.39. The molecule has 80 valence electrons. The van der Waals surface area contributed by atoms with Gasteiger partial charge in [0.2, 0.25) is 5.91 Å². The topological polar surface area (TPSA) is 46.2 Å². The third-order valence-corrected chi connectivity index (χ3v) is 2.63. The molecule has 0 spiro atoms. The summed E-state index contributed by atoms with van der Waals surface area (Å²) in [5.74, 6) is 0.111. The Balaban J connectivity index is 2.60. The van der Waals surface area contributed by atoms with Crippen molar-refractivity contribution in [2.75, 3.05) is 0 Å². The fraction of sp³-hybridized carbons (Fsp3) is 0.818. The van der Waals surface area contributed by atoms with E-state index in [9.17, 15) is 9.59 Å². The summed E-state index contributed by atoms with van der Waals surface area (Å²) in [4.78, 5) is 23.2. The second kappa shape index (κ2) is 3.71. The minimum atomic E-state index is -0.504. The molecule has 1 aliphatic rings. The summed E-state index contributed by atoms with van der Waals surface area (Å²) >= 11 is 0. The number of hydrogen-bond donors (Lipinski definition) is 1. The largest absolute Gasteiger partial charge is 0.343 e. The molecule has 0 bridgehead atoms. The molecule has 3 nitrogen and oxygen atoms in total. The number of rotatable bonds is 4. The predicted molar refractivity (Wildman–Crippen MR) is 54.8 cm³/mol. The Bertz CT molecular complexity index is 252. The van der Waals surface area contributed by atoms with Gasteiger partial charge in [-0.2, -0.15) is 0 Å². The minimum absolute atomic E-state index is 0.00459. The van der Waals surface area contributed by atoms with Crippen LogP contribution in [0.5, 0.6) is 0 Å². The van der Waals surface area contributed by atoms with Crippen LogP contribution in [0.3, 0.4) is 0 Å². The number of carbonyl (C=O) groups excluding carboxylic acids is 2. The Morgan fingerprint density at radius 3 is 1.86 bits per heavy atom. The molecule has 1 saturated carbocycles. The van der Waals surface area contributed by atoms with Gasteiger partial charge in [0.1, 0.15) is 0 Å². The average Bonchev–Trinajstić information content (AvgIpc) is 2.84. The highest BCUT2D eigenvalue weighted by atomic mass is 16.2. The van der Waals surface area contributed by atoms with Crippen molar-refractivity contribution >= 4 is 11.7 Å². The lowest BCUT2D eigenvalue weighted by Crippen LogP contribution is -2.46. The molecule has 14 heavy (non-hydrogen) atoms. The molecule has 1 rings (SSSR count). The fourth-order valence-corrected chi connectivity index (χ4v) is 1.49. The molecule has 3 heteroatoms. The molecule has 0 aliphatic heterocycles. The Labute approximate surface area is 85.3 Å². The highest BCUT2D eigenvalue weighted by molar-refractivity contribution is 5.96. The molecule has 0 saturated heterocycles. The van der Waals surface area contributed by atoms with Crippen LogP contribution < -0.4 is 5.32 Å². The molecule has 0 heterocycles. The maximum Gasteiger partial charge on any atom is 0.223 e. The quantitative estimate of drug-likeness (QED) is 0.742. The standard InChI is InChI=1S/C11H19NO2/c1-7(2)9(13)11(5-6-11)12-10(14)8(3)4/h7-8H,5-6H2,1-4H3,(H,12,14). The maximum absolute atomic E-state index is 11.8. The van der Waals surface area contributed by atoms with E-state index in [4.69, 9.17) is 0 Å². The van der Waals surface area contributed by atoms with Crippen molar-refractivity contribution < 1.29 is 9.59 Å². The van der Waals surface area contributed by atoms with E-state index in [2.05, 4.69) is 5.32 Å². The number of hydrogen-bond acceptors (Lipinski definition) is 2. The Morgan fingerprint density at radius 1 is 1.07 bits per heavy atom. The molecule has 0 aromatic rings. The molecule has 0 unspecified atom stereocenters. The van der Waals surface area contributed by atoms with Gasteiger partial charge in [-0.1, -0.05) is 27.7 Å². The summed E-state index contributed by atoms with van der Waals surface area (Å²) in [6, 6.07) is 0. The molecular weight excluding hydrogens is 178 g/mol. The second-order valence-corrected chi connectivity index (χ2v) is 4.75. The smallest absolute Gasteiger partial charge is 0.223 e. The fourth-order valence-electron chi connectivity index (χ4n) is 1.49. The van der Waals surface area contributed by atoms with Crippen molar-refractivity contribution in [3.8, 4) is 0 Å². The summed E-state index contributed by atoms with van der Waals surface area (Å²) in [6.07, 6.45) is 1.62. The highest BCUT2D eigenvalue weighted by Gasteiger charge is 2.51. The average molecular weight is 197 g/mol. The first-order chi connectivity index (χ1) is 6.39. The Hall–Kier alpha value is -0.860. The summed E-state index contributed by atoms with van der Waals surface area (Å²) in [5.41, 5.74) is -0.504. The van der Waals surface area contributed by atoms with E-state index in [0.29, 0.717) is 0 Å². The molecular formula is C11H19NO2. The highest BCUT2D eigenvalue weighted by Crippen LogP contribution is 2.38. The van der Waals surface area contributed by atoms with Gasteiger partial charge in [0.05, 0.1) is 5.54 Å². The van der Waals surface area contributed by atoms with Crippen LogP contribution in [0.2, 0.25) is 0 Å². The van der Waals surface area contributed by atoms with Crippen molar-refractivity contribution in [1.82, 2.24) is 5.32 Å². The molecule has 0 radical (unpaired) electrons. The lowest BCUT2D eigenvalue weighted by molar-refractivity contribution is -0.131. The summed E-state index contributed by atoms with van der Waals surface area (Å²) in [6.45, 7) is 7.43.